The Bertz CT molecular complexity index is 632. The Hall–Kier alpha value is -2.33. The number of anilines is 1. The van der Waals surface area contributed by atoms with Gasteiger partial charge < -0.3 is 15.2 Å². The van der Waals surface area contributed by atoms with Crippen molar-refractivity contribution in [2.45, 2.75) is 12.5 Å². The second-order valence-electron chi connectivity index (χ2n) is 4.30. The normalized spacial score (nSPS) is 12.5. The molecule has 0 unspecified atom stereocenters. The number of nitrogens with zero attached hydrogens (tertiary/aromatic N) is 1. The largest absolute Gasteiger partial charge is 0.573 e. The fraction of sp³-hybridized carbons (Fsp3) is 0.231. The molecule has 0 aliphatic carbocycles. The Morgan fingerprint density at radius 1 is 1.35 bits per heavy atom. The van der Waals surface area contributed by atoms with Crippen molar-refractivity contribution in [2.75, 3.05) is 11.9 Å². The Labute approximate surface area is 132 Å². The fourth-order valence-corrected chi connectivity index (χ4v) is 2.15. The van der Waals surface area contributed by atoms with Gasteiger partial charge in [-0.2, -0.15) is 0 Å². The van der Waals surface area contributed by atoms with Crippen molar-refractivity contribution in [3.05, 3.63) is 41.4 Å². The third-order valence-corrected chi connectivity index (χ3v) is 3.30. The van der Waals surface area contributed by atoms with Gasteiger partial charge in [-0.1, -0.05) is 12.1 Å². The molecule has 1 aromatic heterocycles. The van der Waals surface area contributed by atoms with Crippen LogP contribution in [0, 0.1) is 0 Å². The van der Waals surface area contributed by atoms with Crippen LogP contribution in [0.4, 0.5) is 23.1 Å². The number of aliphatic hydroxyl groups is 1. The molecule has 1 aromatic carbocycles. The summed E-state index contributed by atoms with van der Waals surface area (Å²) in [6.07, 6.45) is -4.31. The average molecular weight is 347 g/mol. The monoisotopic (exact) mass is 347 g/mol. The number of aliphatic hydroxyl groups excluding tert-OH is 1. The van der Waals surface area contributed by atoms with Gasteiger partial charge in [0.05, 0.1) is 6.10 Å². The molecule has 1 heterocycles. The highest BCUT2D eigenvalue weighted by molar-refractivity contribution is 7.13. The van der Waals surface area contributed by atoms with Crippen molar-refractivity contribution in [3.8, 4) is 5.75 Å². The number of carbonyl (C=O) groups excluding carboxylic acids is 1. The van der Waals surface area contributed by atoms with E-state index < -0.39 is 18.5 Å². The van der Waals surface area contributed by atoms with E-state index in [1.165, 1.54) is 29.7 Å². The number of rotatable bonds is 5. The van der Waals surface area contributed by atoms with Crippen molar-refractivity contribution in [3.63, 3.8) is 0 Å². The summed E-state index contributed by atoms with van der Waals surface area (Å²) in [5.74, 6) is -0.386. The van der Waals surface area contributed by atoms with E-state index in [1.807, 2.05) is 0 Å². The Balaban J connectivity index is 1.83. The molecule has 23 heavy (non-hydrogen) atoms. The van der Waals surface area contributed by atoms with Gasteiger partial charge in [0.1, 0.15) is 5.75 Å². The first kappa shape index (κ1) is 17.0. The van der Waals surface area contributed by atoms with E-state index in [0.717, 1.165) is 12.1 Å². The summed E-state index contributed by atoms with van der Waals surface area (Å²) in [4.78, 5) is 15.4. The maximum absolute atomic E-state index is 12.0. The summed E-state index contributed by atoms with van der Waals surface area (Å²) in [6, 6.07) is 4.19. The van der Waals surface area contributed by atoms with Gasteiger partial charge in [-0.25, -0.2) is 9.78 Å². The summed E-state index contributed by atoms with van der Waals surface area (Å²) in [5.41, 5.74) is 0.342. The van der Waals surface area contributed by atoms with Crippen molar-refractivity contribution in [1.29, 1.82) is 0 Å². The maximum Gasteiger partial charge on any atom is 0.573 e. The van der Waals surface area contributed by atoms with Crippen LogP contribution < -0.4 is 15.4 Å². The standard InChI is InChI=1S/C13H12F3N3O3S/c14-13(15,16)22-9-3-1-8(2-4-9)10(20)7-18-11(21)19-12-17-5-6-23-12/h1-6,10,20H,7H2,(H2,17,18,19,21)/t10-/m0/s1. The van der Waals surface area contributed by atoms with E-state index in [-0.39, 0.29) is 12.3 Å². The van der Waals surface area contributed by atoms with Crippen LogP contribution in [0.2, 0.25) is 0 Å². The van der Waals surface area contributed by atoms with E-state index >= 15 is 0 Å². The van der Waals surface area contributed by atoms with Gasteiger partial charge in [0.25, 0.3) is 0 Å². The lowest BCUT2D eigenvalue weighted by atomic mass is 10.1. The number of urea groups is 1. The Morgan fingerprint density at radius 2 is 2.04 bits per heavy atom. The number of carbonyl (C=O) groups is 1. The molecule has 2 aromatic rings. The van der Waals surface area contributed by atoms with E-state index in [1.54, 1.807) is 5.38 Å². The molecule has 0 saturated heterocycles. The molecular formula is C13H12F3N3O3S. The van der Waals surface area contributed by atoms with Crippen LogP contribution in [0.3, 0.4) is 0 Å². The molecule has 2 amide bonds. The minimum atomic E-state index is -4.77. The first-order valence-electron chi connectivity index (χ1n) is 6.31. The minimum absolute atomic E-state index is 0.114. The lowest BCUT2D eigenvalue weighted by molar-refractivity contribution is -0.274. The number of nitrogens with one attached hydrogen (secondary N) is 2. The number of benzene rings is 1. The molecule has 124 valence electrons. The molecular weight excluding hydrogens is 335 g/mol. The van der Waals surface area contributed by atoms with Crippen LogP contribution in [0.15, 0.2) is 35.8 Å². The summed E-state index contributed by atoms with van der Waals surface area (Å²) in [6.45, 7) is -0.114. The average Bonchev–Trinajstić information content (AvgIpc) is 2.97. The van der Waals surface area contributed by atoms with Crippen molar-refractivity contribution >= 4 is 22.5 Å². The van der Waals surface area contributed by atoms with E-state index in [9.17, 15) is 23.1 Å². The Kier molecular flexibility index (Phi) is 5.40. The Morgan fingerprint density at radius 3 is 2.61 bits per heavy atom. The predicted molar refractivity (Wildman–Crippen MR) is 77.2 cm³/mol. The number of alkyl halides is 3. The summed E-state index contributed by atoms with van der Waals surface area (Å²) < 4.78 is 39.8. The van der Waals surface area contributed by atoms with Crippen LogP contribution in [-0.2, 0) is 0 Å². The van der Waals surface area contributed by atoms with Crippen molar-refractivity contribution in [2.24, 2.45) is 0 Å². The third kappa shape index (κ3) is 5.75. The van der Waals surface area contributed by atoms with Crippen molar-refractivity contribution < 1.29 is 27.8 Å². The van der Waals surface area contributed by atoms with Crippen LogP contribution >= 0.6 is 11.3 Å². The molecule has 6 nitrogen and oxygen atoms in total. The quantitative estimate of drug-likeness (QED) is 0.777. The summed E-state index contributed by atoms with van der Waals surface area (Å²) in [5, 5.41) is 16.9. The molecule has 2 rings (SSSR count). The number of halogens is 3. The molecule has 10 heteroatoms. The number of hydrogen-bond acceptors (Lipinski definition) is 5. The van der Waals surface area contributed by atoms with Gasteiger partial charge in [-0.3, -0.25) is 5.32 Å². The SMILES string of the molecule is O=C(NC[C@H](O)c1ccc(OC(F)(F)F)cc1)Nc1nccs1. The molecule has 0 aliphatic rings. The molecule has 0 radical (unpaired) electrons. The third-order valence-electron chi connectivity index (χ3n) is 2.61. The predicted octanol–water partition coefficient (Wildman–Crippen LogP) is 2.90. The van der Waals surface area contributed by atoms with Gasteiger partial charge >= 0.3 is 12.4 Å². The zero-order valence-corrected chi connectivity index (χ0v) is 12.3. The number of aromatic nitrogens is 1. The van der Waals surface area contributed by atoms with Crippen LogP contribution in [0.25, 0.3) is 0 Å². The highest BCUT2D eigenvalue weighted by Crippen LogP contribution is 2.24. The number of amides is 2. The van der Waals surface area contributed by atoms with E-state index in [4.69, 9.17) is 0 Å². The molecule has 0 aliphatic heterocycles. The summed E-state index contributed by atoms with van der Waals surface area (Å²) in [7, 11) is 0. The molecule has 0 spiro atoms. The van der Waals surface area contributed by atoms with Gasteiger partial charge in [0.2, 0.25) is 0 Å². The fourth-order valence-electron chi connectivity index (χ4n) is 1.63. The van der Waals surface area contributed by atoms with Crippen LogP contribution in [-0.4, -0.2) is 29.0 Å². The zero-order valence-electron chi connectivity index (χ0n) is 11.5. The van der Waals surface area contributed by atoms with Crippen LogP contribution in [0.5, 0.6) is 5.75 Å². The van der Waals surface area contributed by atoms with E-state index in [0.29, 0.717) is 10.7 Å². The molecule has 0 bridgehead atoms. The van der Waals surface area contributed by atoms with Gasteiger partial charge in [-0.15, -0.1) is 24.5 Å². The molecule has 1 atom stereocenters. The molecule has 0 fully saturated rings. The first-order chi connectivity index (χ1) is 10.8. The summed E-state index contributed by atoms with van der Waals surface area (Å²) >= 11 is 1.24. The topological polar surface area (TPSA) is 83.5 Å². The smallest absolute Gasteiger partial charge is 0.406 e. The van der Waals surface area contributed by atoms with Crippen molar-refractivity contribution in [1.82, 2.24) is 10.3 Å². The van der Waals surface area contributed by atoms with Crippen LogP contribution in [0.1, 0.15) is 11.7 Å². The second kappa shape index (κ2) is 7.29. The van der Waals surface area contributed by atoms with Gasteiger partial charge in [0, 0.05) is 18.1 Å². The van der Waals surface area contributed by atoms with Gasteiger partial charge in [0.15, 0.2) is 5.13 Å². The minimum Gasteiger partial charge on any atom is -0.406 e. The first-order valence-corrected chi connectivity index (χ1v) is 7.19. The lowest BCUT2D eigenvalue weighted by Crippen LogP contribution is -2.32. The number of hydrogen-bond donors (Lipinski definition) is 3. The van der Waals surface area contributed by atoms with Gasteiger partial charge in [-0.05, 0) is 17.7 Å². The number of ether oxygens (including phenoxy) is 1. The lowest BCUT2D eigenvalue weighted by Gasteiger charge is -2.13. The maximum atomic E-state index is 12.0. The zero-order chi connectivity index (χ0) is 16.9. The van der Waals surface area contributed by atoms with E-state index in [2.05, 4.69) is 20.4 Å². The molecule has 3 N–H and O–H groups in total. The highest BCUT2D eigenvalue weighted by Gasteiger charge is 2.31. The molecule has 0 saturated carbocycles. The second-order valence-corrected chi connectivity index (χ2v) is 5.20. The highest BCUT2D eigenvalue weighted by atomic mass is 32.1. The number of thiazole rings is 1.